The zero-order valence-corrected chi connectivity index (χ0v) is 23.0. The molecule has 0 aliphatic carbocycles. The van der Waals surface area contributed by atoms with Gasteiger partial charge < -0.3 is 9.88 Å². The molecule has 0 radical (unpaired) electrons. The molecule has 2 aromatic heterocycles. The van der Waals surface area contributed by atoms with Gasteiger partial charge >= 0.3 is 0 Å². The number of nitrogens with zero attached hydrogens (tertiary/aromatic N) is 4. The summed E-state index contributed by atoms with van der Waals surface area (Å²) in [6, 6.07) is 22.9. The summed E-state index contributed by atoms with van der Waals surface area (Å²) in [7, 11) is 0. The van der Waals surface area contributed by atoms with Gasteiger partial charge in [0.15, 0.2) is 5.13 Å². The summed E-state index contributed by atoms with van der Waals surface area (Å²) in [6.45, 7) is 3.80. The number of hydrogen-bond acceptors (Lipinski definition) is 7. The van der Waals surface area contributed by atoms with Crippen molar-refractivity contribution < 1.29 is 9.72 Å². The van der Waals surface area contributed by atoms with Gasteiger partial charge in [-0.2, -0.15) is 5.10 Å². The number of carbonyl (C=O) groups is 1. The molecule has 0 aliphatic heterocycles. The molecule has 0 fully saturated rings. The van der Waals surface area contributed by atoms with Gasteiger partial charge in [-0.1, -0.05) is 29.8 Å². The fourth-order valence-corrected chi connectivity index (χ4v) is 5.06. The molecule has 11 heteroatoms. The molecule has 0 atom stereocenters. The first-order valence-corrected chi connectivity index (χ1v) is 13.4. The second kappa shape index (κ2) is 11.5. The molecule has 0 bridgehead atoms. The third kappa shape index (κ3) is 5.93. The van der Waals surface area contributed by atoms with Crippen LogP contribution in [0.4, 0.5) is 16.5 Å². The number of carbonyl (C=O) groups excluding carboxylic acids is 1. The Morgan fingerprint density at radius 3 is 2.55 bits per heavy atom. The van der Waals surface area contributed by atoms with Crippen molar-refractivity contribution in [3.05, 3.63) is 122 Å². The van der Waals surface area contributed by atoms with Crippen molar-refractivity contribution in [3.8, 4) is 16.9 Å². The molecule has 0 aliphatic rings. The van der Waals surface area contributed by atoms with E-state index in [1.807, 2.05) is 72.3 Å². The molecule has 2 N–H and O–H groups in total. The number of aromatic nitrogens is 2. The van der Waals surface area contributed by atoms with E-state index in [1.54, 1.807) is 24.4 Å². The summed E-state index contributed by atoms with van der Waals surface area (Å²) in [5.74, 6) is -0.348. The molecular formula is C29H23ClN6O3S. The zero-order valence-electron chi connectivity index (χ0n) is 21.5. The van der Waals surface area contributed by atoms with Crippen molar-refractivity contribution in [1.29, 1.82) is 0 Å². The van der Waals surface area contributed by atoms with Gasteiger partial charge in [0.25, 0.3) is 11.6 Å². The van der Waals surface area contributed by atoms with Crippen LogP contribution in [0.15, 0.2) is 89.3 Å². The fraction of sp³-hybridized carbons (Fsp3) is 0.0690. The standard InChI is InChI=1S/C29H23ClN6O3S/c1-18-14-22(19(2)35(18)25-4-3-5-26(15-25)36(38)39)16-31-34-28(37)21-8-6-20(7-9-21)27-17-40-29(33-27)32-24-12-10-23(30)11-13-24/h3-17H,1-2H3,(H,32,33)(H,34,37)/b31-16-. The number of anilines is 2. The molecule has 40 heavy (non-hydrogen) atoms. The fourth-order valence-electron chi connectivity index (χ4n) is 4.20. The van der Waals surface area contributed by atoms with E-state index in [-0.39, 0.29) is 11.6 Å². The lowest BCUT2D eigenvalue weighted by Crippen LogP contribution is -2.17. The Bertz CT molecular complexity index is 1730. The average molecular weight is 571 g/mol. The number of hydrogen-bond donors (Lipinski definition) is 2. The number of aryl methyl sites for hydroxylation is 1. The van der Waals surface area contributed by atoms with Crippen LogP contribution in [0, 0.1) is 24.0 Å². The topological polar surface area (TPSA) is 114 Å². The second-order valence-corrected chi connectivity index (χ2v) is 10.2. The lowest BCUT2D eigenvalue weighted by Gasteiger charge is -2.09. The maximum Gasteiger partial charge on any atom is 0.271 e. The molecule has 1 amide bonds. The third-order valence-corrected chi connectivity index (χ3v) is 7.19. The maximum absolute atomic E-state index is 12.7. The molecule has 2 heterocycles. The number of rotatable bonds is 8. The highest BCUT2D eigenvalue weighted by Gasteiger charge is 2.13. The number of nitro benzene ring substituents is 1. The van der Waals surface area contributed by atoms with Crippen LogP contribution in [0.25, 0.3) is 16.9 Å². The Morgan fingerprint density at radius 1 is 1.07 bits per heavy atom. The van der Waals surface area contributed by atoms with Crippen LogP contribution in [0.5, 0.6) is 0 Å². The zero-order chi connectivity index (χ0) is 28.2. The quantitative estimate of drug-likeness (QED) is 0.115. The lowest BCUT2D eigenvalue weighted by atomic mass is 10.1. The monoisotopic (exact) mass is 570 g/mol. The first kappa shape index (κ1) is 26.8. The van der Waals surface area contributed by atoms with Crippen molar-refractivity contribution in [2.24, 2.45) is 5.10 Å². The highest BCUT2D eigenvalue weighted by molar-refractivity contribution is 7.14. The minimum atomic E-state index is -0.420. The van der Waals surface area contributed by atoms with E-state index < -0.39 is 4.92 Å². The van der Waals surface area contributed by atoms with E-state index in [0.717, 1.165) is 39.0 Å². The van der Waals surface area contributed by atoms with Crippen LogP contribution in [0.3, 0.4) is 0 Å². The molecule has 3 aromatic carbocycles. The van der Waals surface area contributed by atoms with Crippen LogP contribution in [-0.2, 0) is 0 Å². The molecule has 0 unspecified atom stereocenters. The van der Waals surface area contributed by atoms with E-state index in [4.69, 9.17) is 11.6 Å². The van der Waals surface area contributed by atoms with Crippen molar-refractivity contribution in [1.82, 2.24) is 15.0 Å². The van der Waals surface area contributed by atoms with E-state index in [9.17, 15) is 14.9 Å². The number of nitrogens with one attached hydrogen (secondary N) is 2. The van der Waals surface area contributed by atoms with Gasteiger partial charge in [-0.05, 0) is 62.4 Å². The van der Waals surface area contributed by atoms with E-state index in [1.165, 1.54) is 23.5 Å². The molecule has 9 nitrogen and oxygen atoms in total. The predicted octanol–water partition coefficient (Wildman–Crippen LogP) is 7.29. The predicted molar refractivity (Wildman–Crippen MR) is 159 cm³/mol. The summed E-state index contributed by atoms with van der Waals surface area (Å²) >= 11 is 7.42. The van der Waals surface area contributed by atoms with E-state index in [2.05, 4.69) is 20.8 Å². The van der Waals surface area contributed by atoms with E-state index >= 15 is 0 Å². The van der Waals surface area contributed by atoms with Crippen LogP contribution in [0.2, 0.25) is 5.02 Å². The molecule has 5 aromatic rings. The molecule has 5 rings (SSSR count). The number of thiazole rings is 1. The number of hydrazone groups is 1. The normalized spacial score (nSPS) is 11.1. The van der Waals surface area contributed by atoms with Crippen molar-refractivity contribution >= 4 is 51.6 Å². The van der Waals surface area contributed by atoms with Crippen LogP contribution in [-0.4, -0.2) is 26.6 Å². The second-order valence-electron chi connectivity index (χ2n) is 8.89. The Labute approximate surface area is 238 Å². The minimum Gasteiger partial charge on any atom is -0.332 e. The Balaban J connectivity index is 1.23. The number of amides is 1. The SMILES string of the molecule is Cc1cc(/C=N\NC(=O)c2ccc(-c3csc(Nc4ccc(Cl)cc4)n3)cc2)c(C)n1-c1cccc([N+](=O)[O-])c1. The Kier molecular flexibility index (Phi) is 7.72. The molecule has 200 valence electrons. The summed E-state index contributed by atoms with van der Waals surface area (Å²) in [5.41, 5.74) is 8.80. The Morgan fingerprint density at radius 2 is 1.82 bits per heavy atom. The molecule has 0 saturated heterocycles. The van der Waals surface area contributed by atoms with Crippen LogP contribution < -0.4 is 10.7 Å². The van der Waals surface area contributed by atoms with E-state index in [0.29, 0.717) is 16.3 Å². The summed E-state index contributed by atoms with van der Waals surface area (Å²) < 4.78 is 1.91. The molecule has 0 saturated carbocycles. The molecular weight excluding hydrogens is 548 g/mol. The summed E-state index contributed by atoms with van der Waals surface area (Å²) in [6.07, 6.45) is 1.56. The maximum atomic E-state index is 12.7. The Hall–Kier alpha value is -4.80. The van der Waals surface area contributed by atoms with Gasteiger partial charge in [0.05, 0.1) is 22.5 Å². The first-order chi connectivity index (χ1) is 19.3. The number of benzene rings is 3. The average Bonchev–Trinajstić information content (AvgIpc) is 3.53. The molecule has 0 spiro atoms. The lowest BCUT2D eigenvalue weighted by molar-refractivity contribution is -0.384. The van der Waals surface area contributed by atoms with Crippen molar-refractivity contribution in [2.75, 3.05) is 5.32 Å². The van der Waals surface area contributed by atoms with Crippen LogP contribution >= 0.6 is 22.9 Å². The van der Waals surface area contributed by atoms with Crippen molar-refractivity contribution in [2.45, 2.75) is 13.8 Å². The van der Waals surface area contributed by atoms with Gasteiger partial charge in [0.2, 0.25) is 0 Å². The number of nitro groups is 1. The first-order valence-electron chi connectivity index (χ1n) is 12.1. The summed E-state index contributed by atoms with van der Waals surface area (Å²) in [4.78, 5) is 28.0. The van der Waals surface area contributed by atoms with Gasteiger partial charge in [-0.25, -0.2) is 10.4 Å². The number of halogens is 1. The number of non-ortho nitro benzene ring substituents is 1. The third-order valence-electron chi connectivity index (χ3n) is 6.18. The highest BCUT2D eigenvalue weighted by atomic mass is 35.5. The van der Waals surface area contributed by atoms with Gasteiger partial charge in [0.1, 0.15) is 0 Å². The van der Waals surface area contributed by atoms with Gasteiger partial charge in [-0.15, -0.1) is 11.3 Å². The van der Waals surface area contributed by atoms with Gasteiger partial charge in [-0.3, -0.25) is 14.9 Å². The summed E-state index contributed by atoms with van der Waals surface area (Å²) in [5, 5.41) is 21.9. The highest BCUT2D eigenvalue weighted by Crippen LogP contribution is 2.28. The van der Waals surface area contributed by atoms with Crippen molar-refractivity contribution in [3.63, 3.8) is 0 Å². The van der Waals surface area contributed by atoms with Crippen LogP contribution in [0.1, 0.15) is 27.3 Å². The smallest absolute Gasteiger partial charge is 0.271 e. The minimum absolute atomic E-state index is 0.0170. The van der Waals surface area contributed by atoms with Gasteiger partial charge in [0, 0.05) is 56.3 Å². The largest absolute Gasteiger partial charge is 0.332 e.